The molecule has 1 aliphatic rings. The Morgan fingerprint density at radius 1 is 0.824 bits per heavy atom. The molecule has 4 rings (SSSR count). The van der Waals surface area contributed by atoms with Gasteiger partial charge >= 0.3 is 0 Å². The number of methoxy groups -OCH3 is 3. The van der Waals surface area contributed by atoms with Crippen molar-refractivity contribution in [2.24, 2.45) is 0 Å². The Morgan fingerprint density at radius 3 is 2.12 bits per heavy atom. The fourth-order valence-electron chi connectivity index (χ4n) is 4.27. The standard InChI is InChI=1S/C24H22Cl3NO5S/c1-31-19-10-14-6-7-28(34(29,30)22-12-16(25)4-5-20(22)32-2)24(23(14)21(13-19)33-3)15-8-17(26)11-18(27)9-15/h4-5,8-13,24H,6-7H2,1-3H3. The van der Waals surface area contributed by atoms with Crippen LogP contribution in [0.1, 0.15) is 22.7 Å². The first-order valence-electron chi connectivity index (χ1n) is 10.3. The van der Waals surface area contributed by atoms with Crippen LogP contribution in [0.2, 0.25) is 15.1 Å². The van der Waals surface area contributed by atoms with Gasteiger partial charge in [-0.1, -0.05) is 34.8 Å². The summed E-state index contributed by atoms with van der Waals surface area (Å²) in [6.45, 7) is 0.191. The van der Waals surface area contributed by atoms with Gasteiger partial charge in [0.05, 0.1) is 27.4 Å². The molecule has 3 aromatic carbocycles. The normalized spacial score (nSPS) is 16.1. The smallest absolute Gasteiger partial charge is 0.247 e. The molecule has 34 heavy (non-hydrogen) atoms. The number of fused-ring (bicyclic) bond motifs is 1. The third-order valence-corrected chi connectivity index (χ3v) is 8.29. The van der Waals surface area contributed by atoms with Crippen LogP contribution in [0.25, 0.3) is 0 Å². The fraction of sp³-hybridized carbons (Fsp3) is 0.250. The van der Waals surface area contributed by atoms with Gasteiger partial charge in [0.25, 0.3) is 0 Å². The first-order chi connectivity index (χ1) is 16.2. The largest absolute Gasteiger partial charge is 0.497 e. The van der Waals surface area contributed by atoms with Crippen LogP contribution in [0.3, 0.4) is 0 Å². The molecule has 1 atom stereocenters. The number of hydrogen-bond donors (Lipinski definition) is 0. The zero-order chi connectivity index (χ0) is 24.6. The van der Waals surface area contributed by atoms with E-state index in [0.717, 1.165) is 5.56 Å². The molecule has 0 radical (unpaired) electrons. The highest BCUT2D eigenvalue weighted by atomic mass is 35.5. The minimum atomic E-state index is -4.08. The second kappa shape index (κ2) is 9.84. The molecule has 1 heterocycles. The second-order valence-electron chi connectivity index (χ2n) is 7.67. The average Bonchev–Trinajstić information content (AvgIpc) is 2.81. The van der Waals surface area contributed by atoms with E-state index >= 15 is 0 Å². The van der Waals surface area contributed by atoms with E-state index in [9.17, 15) is 8.42 Å². The van der Waals surface area contributed by atoms with Gasteiger partial charge in [0.15, 0.2) is 0 Å². The molecule has 0 saturated carbocycles. The van der Waals surface area contributed by atoms with Crippen molar-refractivity contribution in [2.45, 2.75) is 17.4 Å². The summed E-state index contributed by atoms with van der Waals surface area (Å²) in [7, 11) is 0.433. The maximum absolute atomic E-state index is 14.1. The SMILES string of the molecule is COc1cc2c(c(OC)c1)C(c1cc(Cl)cc(Cl)c1)N(S(=O)(=O)c1cc(Cl)ccc1OC)CC2. The van der Waals surface area contributed by atoms with Crippen LogP contribution in [0.15, 0.2) is 53.4 Å². The van der Waals surface area contributed by atoms with E-state index in [4.69, 9.17) is 49.0 Å². The molecule has 0 bridgehead atoms. The maximum atomic E-state index is 14.1. The summed E-state index contributed by atoms with van der Waals surface area (Å²) in [6, 6.07) is 12.4. The minimum Gasteiger partial charge on any atom is -0.497 e. The number of rotatable bonds is 6. The van der Waals surface area contributed by atoms with Gasteiger partial charge in [-0.05, 0) is 60.0 Å². The Hall–Kier alpha value is -2.16. The quantitative estimate of drug-likeness (QED) is 0.382. The first-order valence-corrected chi connectivity index (χ1v) is 12.8. The van der Waals surface area contributed by atoms with Crippen molar-refractivity contribution in [1.29, 1.82) is 0 Å². The van der Waals surface area contributed by atoms with Crippen molar-refractivity contribution in [3.8, 4) is 17.2 Å². The van der Waals surface area contributed by atoms with E-state index in [-0.39, 0.29) is 22.2 Å². The van der Waals surface area contributed by atoms with E-state index in [1.807, 2.05) is 6.07 Å². The zero-order valence-electron chi connectivity index (χ0n) is 18.6. The molecular formula is C24H22Cl3NO5S. The molecule has 180 valence electrons. The Kier molecular flexibility index (Phi) is 7.22. The highest BCUT2D eigenvalue weighted by Gasteiger charge is 2.41. The van der Waals surface area contributed by atoms with Crippen LogP contribution in [0, 0.1) is 0 Å². The van der Waals surface area contributed by atoms with Gasteiger partial charge in [0.2, 0.25) is 10.0 Å². The summed E-state index contributed by atoms with van der Waals surface area (Å²) in [5.41, 5.74) is 2.20. The highest BCUT2D eigenvalue weighted by molar-refractivity contribution is 7.89. The molecule has 6 nitrogen and oxygen atoms in total. The summed E-state index contributed by atoms with van der Waals surface area (Å²) in [4.78, 5) is -0.0310. The Labute approximate surface area is 214 Å². The number of hydrogen-bond acceptors (Lipinski definition) is 5. The van der Waals surface area contributed by atoms with E-state index in [2.05, 4.69) is 0 Å². The average molecular weight is 543 g/mol. The molecule has 0 aliphatic carbocycles. The predicted octanol–water partition coefficient (Wildman–Crippen LogP) is 6.01. The summed E-state index contributed by atoms with van der Waals surface area (Å²) < 4.78 is 46.0. The molecule has 3 aromatic rings. The summed E-state index contributed by atoms with van der Waals surface area (Å²) in [6.07, 6.45) is 0.440. The van der Waals surface area contributed by atoms with Crippen LogP contribution in [-0.2, 0) is 16.4 Å². The third kappa shape index (κ3) is 4.55. The lowest BCUT2D eigenvalue weighted by Crippen LogP contribution is -2.41. The number of ether oxygens (including phenoxy) is 3. The van der Waals surface area contributed by atoms with Gasteiger partial charge < -0.3 is 14.2 Å². The molecule has 1 aliphatic heterocycles. The molecule has 10 heteroatoms. The van der Waals surface area contributed by atoms with Crippen LogP contribution in [0.5, 0.6) is 17.2 Å². The Morgan fingerprint density at radius 2 is 1.50 bits per heavy atom. The number of sulfonamides is 1. The lowest BCUT2D eigenvalue weighted by atomic mass is 9.88. The van der Waals surface area contributed by atoms with Crippen molar-refractivity contribution < 1.29 is 22.6 Å². The summed E-state index contributed by atoms with van der Waals surface area (Å²) >= 11 is 18.8. The van der Waals surface area contributed by atoms with Gasteiger partial charge in [0.1, 0.15) is 22.1 Å². The number of nitrogens with zero attached hydrogens (tertiary/aromatic N) is 1. The number of halogens is 3. The van der Waals surface area contributed by atoms with Crippen molar-refractivity contribution in [3.05, 3.63) is 80.3 Å². The van der Waals surface area contributed by atoms with Crippen molar-refractivity contribution in [1.82, 2.24) is 4.31 Å². The van der Waals surface area contributed by atoms with Gasteiger partial charge in [-0.25, -0.2) is 8.42 Å². The molecule has 1 unspecified atom stereocenters. The third-order valence-electron chi connectivity index (χ3n) is 5.73. The number of benzene rings is 3. The highest BCUT2D eigenvalue weighted by Crippen LogP contribution is 2.46. The molecule has 0 aromatic heterocycles. The molecule has 0 spiro atoms. The zero-order valence-corrected chi connectivity index (χ0v) is 21.7. The van der Waals surface area contributed by atoms with Gasteiger partial charge in [-0.3, -0.25) is 0 Å². The van der Waals surface area contributed by atoms with E-state index < -0.39 is 16.1 Å². The summed E-state index contributed by atoms with van der Waals surface area (Å²) in [5.74, 6) is 1.31. The van der Waals surface area contributed by atoms with Crippen molar-refractivity contribution in [3.63, 3.8) is 0 Å². The van der Waals surface area contributed by atoms with Gasteiger partial charge in [-0.2, -0.15) is 4.31 Å². The maximum Gasteiger partial charge on any atom is 0.247 e. The summed E-state index contributed by atoms with van der Waals surface area (Å²) in [5, 5.41) is 1.06. The predicted molar refractivity (Wildman–Crippen MR) is 133 cm³/mol. The second-order valence-corrected chi connectivity index (χ2v) is 10.8. The molecule has 0 fully saturated rings. The first kappa shape index (κ1) is 24.9. The Balaban J connectivity index is 2.00. The molecule has 0 amide bonds. The monoisotopic (exact) mass is 541 g/mol. The Bertz CT molecular complexity index is 1310. The molecule has 0 N–H and O–H groups in total. The molecule has 0 saturated heterocycles. The van der Waals surface area contributed by atoms with Gasteiger partial charge in [0, 0.05) is 33.2 Å². The molecular weight excluding hydrogens is 521 g/mol. The van der Waals surface area contributed by atoms with Crippen LogP contribution >= 0.6 is 34.8 Å². The van der Waals surface area contributed by atoms with Crippen LogP contribution in [0.4, 0.5) is 0 Å². The fourth-order valence-corrected chi connectivity index (χ4v) is 6.82. The minimum absolute atomic E-state index is 0.0310. The van der Waals surface area contributed by atoms with Crippen molar-refractivity contribution >= 4 is 44.8 Å². The lowest BCUT2D eigenvalue weighted by molar-refractivity contribution is 0.321. The van der Waals surface area contributed by atoms with Crippen LogP contribution < -0.4 is 14.2 Å². The van der Waals surface area contributed by atoms with Crippen molar-refractivity contribution in [2.75, 3.05) is 27.9 Å². The van der Waals surface area contributed by atoms with Crippen LogP contribution in [-0.4, -0.2) is 40.6 Å². The lowest BCUT2D eigenvalue weighted by Gasteiger charge is -2.38. The van der Waals surface area contributed by atoms with E-state index in [1.165, 1.54) is 30.7 Å². The topological polar surface area (TPSA) is 65.1 Å². The van der Waals surface area contributed by atoms with E-state index in [0.29, 0.717) is 39.1 Å². The van der Waals surface area contributed by atoms with E-state index in [1.54, 1.807) is 37.4 Å². The van der Waals surface area contributed by atoms with Gasteiger partial charge in [-0.15, -0.1) is 0 Å².